The van der Waals surface area contributed by atoms with Gasteiger partial charge in [-0.3, -0.25) is 23.9 Å². The molecule has 21 nitrogen and oxygen atoms in total. The molecule has 0 spiro atoms. The van der Waals surface area contributed by atoms with Crippen LogP contribution in [-0.4, -0.2) is 128 Å². The Bertz CT molecular complexity index is 3620. The molecule has 6 aromatic rings. The predicted octanol–water partition coefficient (Wildman–Crippen LogP) is 8.03. The molecule has 1 saturated heterocycles. The lowest BCUT2D eigenvalue weighted by molar-refractivity contribution is -0.144. The number of sulfonamides is 1. The van der Waals surface area contributed by atoms with Crippen molar-refractivity contribution in [2.75, 3.05) is 42.8 Å². The third-order valence-corrected chi connectivity index (χ3v) is 19.8. The summed E-state index contributed by atoms with van der Waals surface area (Å²) in [6.45, 7) is 11.4. The number of unbranched alkanes of at least 4 members (excludes halogenated alkanes) is 2. The monoisotopic (exact) mass is 1210 g/mol. The van der Waals surface area contributed by atoms with Gasteiger partial charge in [0.15, 0.2) is 16.8 Å². The zero-order valence-corrected chi connectivity index (χ0v) is 51.6. The molecule has 4 aromatic heterocycles. The number of terminal acetylenes is 1. The first-order valence-corrected chi connectivity index (χ1v) is 32.2. The quantitative estimate of drug-likeness (QED) is 0.0262. The summed E-state index contributed by atoms with van der Waals surface area (Å²) in [5.74, 6) is 3.67. The summed E-state index contributed by atoms with van der Waals surface area (Å²) in [6.07, 6.45) is 14.5. The van der Waals surface area contributed by atoms with Gasteiger partial charge in [-0.05, 0) is 149 Å². The van der Waals surface area contributed by atoms with Gasteiger partial charge in [0.1, 0.15) is 36.0 Å². The number of ether oxygens (including phenoxy) is 1. The van der Waals surface area contributed by atoms with Gasteiger partial charge in [-0.25, -0.2) is 23.1 Å². The lowest BCUT2D eigenvalue weighted by atomic mass is 9.49. The van der Waals surface area contributed by atoms with E-state index in [-0.39, 0.29) is 56.6 Å². The molecule has 4 atom stereocenters. The van der Waals surface area contributed by atoms with E-state index in [1.807, 2.05) is 44.2 Å². The van der Waals surface area contributed by atoms with Crippen LogP contribution >= 0.6 is 11.3 Å². The molecule has 4 amide bonds. The number of thiazole rings is 1. The molecule has 6 N–H and O–H groups in total. The Labute approximate surface area is 506 Å². The maximum Gasteiger partial charge on any atom is 0.284 e. The van der Waals surface area contributed by atoms with Crippen molar-refractivity contribution < 1.29 is 42.5 Å². The number of aromatic nitrogens is 6. The van der Waals surface area contributed by atoms with Crippen LogP contribution in [0, 0.1) is 54.8 Å². The minimum absolute atomic E-state index is 0.00589. The first-order valence-electron chi connectivity index (χ1n) is 29.7. The van der Waals surface area contributed by atoms with Crippen molar-refractivity contribution in [1.82, 2.24) is 50.2 Å². The Morgan fingerprint density at radius 2 is 1.65 bits per heavy atom. The standard InChI is InChI=1S/C63H78N12O9S2/c1-9-40-18-19-45(50(29-40)84-23-22-76)38(3)65-58(79)49-30-44(77)35-74(49)60(81)56(62(5,6)7)68-54(78)17-11-10-14-24-86(82,83)72-59(80)55-46(47-34-64-75(39(47)4)36-63-31-41-26-42(32-63)28-43(27-41)33-63)20-21-52(67-55)73(8)53-25-37(2)57(71-70-53)69-61-66-48-15-12-13-16-51(48)85-61/h1,12-13,15-16,18-21,25,29,34,38,41-44,49,56,76-77H,10-11,14,17,22-24,26-28,30-33,35-36H2,2-8H3,(H,65,79)(H,68,78)(H,72,80)(H,66,69,71)/t38-,41?,42?,43?,44+,49-,56+,63?/m0/s1. The van der Waals surface area contributed by atoms with Gasteiger partial charge in [-0.1, -0.05) is 62.6 Å². The lowest BCUT2D eigenvalue weighted by Crippen LogP contribution is -2.57. The molecule has 2 aromatic carbocycles. The summed E-state index contributed by atoms with van der Waals surface area (Å²) in [6, 6.07) is 15.6. The van der Waals surface area contributed by atoms with E-state index in [9.17, 15) is 37.8 Å². The highest BCUT2D eigenvalue weighted by atomic mass is 32.2. The van der Waals surface area contributed by atoms with Crippen LogP contribution in [0.3, 0.4) is 0 Å². The maximum atomic E-state index is 14.5. The van der Waals surface area contributed by atoms with Gasteiger partial charge in [0, 0.05) is 60.9 Å². The van der Waals surface area contributed by atoms with Crippen LogP contribution in [0.1, 0.15) is 137 Å². The second-order valence-electron chi connectivity index (χ2n) is 25.2. The number of pyridine rings is 1. The molecule has 456 valence electrons. The van der Waals surface area contributed by atoms with Crippen molar-refractivity contribution in [2.45, 2.75) is 143 Å². The fraction of sp³-hybridized carbons (Fsp3) is 0.508. The first-order chi connectivity index (χ1) is 41.0. The Morgan fingerprint density at radius 3 is 2.34 bits per heavy atom. The van der Waals surface area contributed by atoms with Crippen molar-refractivity contribution in [3.8, 4) is 29.2 Å². The average Bonchev–Trinajstić information content (AvgIpc) is 1.17. The highest BCUT2D eigenvalue weighted by molar-refractivity contribution is 7.90. The highest BCUT2D eigenvalue weighted by Crippen LogP contribution is 2.60. The Morgan fingerprint density at radius 1 is 0.919 bits per heavy atom. The fourth-order valence-corrected chi connectivity index (χ4v) is 15.5. The number of para-hydroxylation sites is 1. The number of anilines is 4. The molecule has 0 radical (unpaired) electrons. The van der Waals surface area contributed by atoms with Gasteiger partial charge in [0.2, 0.25) is 27.7 Å². The SMILES string of the molecule is C#Cc1ccc([C@H](C)NC(=O)[C@@H]2C[C@@H](O)CN2C(=O)[C@@H](NC(=O)CCCCCS(=O)(=O)NC(=O)c2nc(N(C)c3cc(C)c(Nc4nc5ccccc5s4)nn3)ccc2-c2cnn(CC34CC5CC(CC(C5)C3)C4)c2C)C(C)(C)C)c(OCCO)c1. The molecule has 4 aliphatic carbocycles. The van der Waals surface area contributed by atoms with E-state index in [1.54, 1.807) is 76.2 Å². The second kappa shape index (κ2) is 25.4. The number of likely N-dealkylation sites (tertiary alicyclic amines) is 1. The van der Waals surface area contributed by atoms with E-state index in [1.165, 1.54) is 54.8 Å². The number of carbonyl (C=O) groups is 4. The van der Waals surface area contributed by atoms with Crippen LogP contribution in [0.4, 0.5) is 22.6 Å². The third kappa shape index (κ3) is 13.8. The molecule has 5 aliphatic rings. The Kier molecular flexibility index (Phi) is 18.2. The van der Waals surface area contributed by atoms with Gasteiger partial charge >= 0.3 is 0 Å². The third-order valence-electron chi connectivity index (χ3n) is 17.5. The van der Waals surface area contributed by atoms with Crippen LogP contribution in [0.25, 0.3) is 21.3 Å². The topological polar surface area (TPSA) is 276 Å². The molecular weight excluding hydrogens is 1130 g/mol. The molecule has 4 saturated carbocycles. The van der Waals surface area contributed by atoms with E-state index in [0.29, 0.717) is 57.0 Å². The number of rotatable bonds is 23. The number of carbonyl (C=O) groups excluding carboxylic acids is 4. The molecular formula is C63H78N12O9S2. The number of hydrogen-bond acceptors (Lipinski definition) is 17. The van der Waals surface area contributed by atoms with Crippen LogP contribution in [0.15, 0.2) is 66.9 Å². The second-order valence-corrected chi connectivity index (χ2v) is 28.1. The van der Waals surface area contributed by atoms with E-state index in [2.05, 4.69) is 46.5 Å². The summed E-state index contributed by atoms with van der Waals surface area (Å²) >= 11 is 1.50. The molecule has 1 aliphatic heterocycles. The number of nitrogens with zero attached hydrogens (tertiary/aromatic N) is 8. The summed E-state index contributed by atoms with van der Waals surface area (Å²) in [5.41, 5.74) is 4.02. The molecule has 0 unspecified atom stereocenters. The molecule has 11 rings (SSSR count). The normalized spacial score (nSPS) is 21.4. The number of amides is 4. The lowest BCUT2D eigenvalue weighted by Gasteiger charge is -2.56. The van der Waals surface area contributed by atoms with Crippen molar-refractivity contribution >= 4 is 77.8 Å². The van der Waals surface area contributed by atoms with E-state index in [0.717, 1.165) is 45.8 Å². The summed E-state index contributed by atoms with van der Waals surface area (Å²) in [4.78, 5) is 68.8. The largest absolute Gasteiger partial charge is 0.491 e. The zero-order chi connectivity index (χ0) is 61.2. The van der Waals surface area contributed by atoms with Crippen molar-refractivity contribution in [3.63, 3.8) is 0 Å². The average molecular weight is 1210 g/mol. The van der Waals surface area contributed by atoms with Crippen LogP contribution in [0.5, 0.6) is 5.75 Å². The smallest absolute Gasteiger partial charge is 0.284 e. The number of aliphatic hydroxyl groups excluding tert-OH is 2. The fourth-order valence-electron chi connectivity index (χ4n) is 13.6. The zero-order valence-electron chi connectivity index (χ0n) is 49.9. The van der Waals surface area contributed by atoms with Gasteiger partial charge < -0.3 is 40.7 Å². The van der Waals surface area contributed by atoms with E-state index >= 15 is 0 Å². The molecule has 23 heteroatoms. The minimum atomic E-state index is -4.24. The van der Waals surface area contributed by atoms with E-state index < -0.39 is 69.0 Å². The van der Waals surface area contributed by atoms with Crippen LogP contribution < -0.4 is 30.3 Å². The van der Waals surface area contributed by atoms with Gasteiger partial charge in [-0.15, -0.1) is 16.6 Å². The summed E-state index contributed by atoms with van der Waals surface area (Å²) < 4.78 is 38.8. The molecule has 4 bridgehead atoms. The maximum absolute atomic E-state index is 14.5. The van der Waals surface area contributed by atoms with E-state index in [4.69, 9.17) is 21.2 Å². The number of fused-ring (bicyclic) bond motifs is 1. The van der Waals surface area contributed by atoms with Crippen LogP contribution in [0.2, 0.25) is 0 Å². The highest BCUT2D eigenvalue weighted by Gasteiger charge is 2.51. The van der Waals surface area contributed by atoms with Gasteiger partial charge in [-0.2, -0.15) is 5.10 Å². The number of aryl methyl sites for hydroxylation is 1. The molecule has 86 heavy (non-hydrogen) atoms. The predicted molar refractivity (Wildman–Crippen MR) is 329 cm³/mol. The van der Waals surface area contributed by atoms with Crippen LogP contribution in [-0.2, 0) is 31.0 Å². The minimum Gasteiger partial charge on any atom is -0.491 e. The molecule has 5 heterocycles. The number of benzene rings is 2. The number of β-amino-alcohol motifs (C(OH)–C–C–N with tert-alkyl or cyclic N) is 1. The van der Waals surface area contributed by atoms with Gasteiger partial charge in [0.25, 0.3) is 5.91 Å². The number of nitrogens with one attached hydrogen (secondary N) is 4. The van der Waals surface area contributed by atoms with Crippen molar-refractivity contribution in [3.05, 3.63) is 94.9 Å². The number of hydrogen-bond donors (Lipinski definition) is 6. The van der Waals surface area contributed by atoms with Crippen molar-refractivity contribution in [1.29, 1.82) is 0 Å². The summed E-state index contributed by atoms with van der Waals surface area (Å²) in [7, 11) is -2.49. The van der Waals surface area contributed by atoms with Gasteiger partial charge in [0.05, 0.1) is 40.9 Å². The van der Waals surface area contributed by atoms with Crippen molar-refractivity contribution in [2.24, 2.45) is 28.6 Å². The Hall–Kier alpha value is -7.52. The number of aliphatic hydroxyl groups is 2. The molecule has 5 fully saturated rings. The summed E-state index contributed by atoms with van der Waals surface area (Å²) in [5, 5.41) is 43.8. The first kappa shape index (κ1) is 61.6. The Balaban J connectivity index is 0.784.